The van der Waals surface area contributed by atoms with Gasteiger partial charge in [-0.25, -0.2) is 4.39 Å². The van der Waals surface area contributed by atoms with Crippen molar-refractivity contribution in [3.05, 3.63) is 59.4 Å². The number of halogens is 1. The number of aldehydes is 1. The molecule has 2 rings (SSSR count). The Balaban J connectivity index is 2.41. The van der Waals surface area contributed by atoms with E-state index in [1.807, 2.05) is 0 Å². The highest BCUT2D eigenvalue weighted by molar-refractivity contribution is 7.87. The van der Waals surface area contributed by atoms with Crippen molar-refractivity contribution in [2.24, 2.45) is 0 Å². The van der Waals surface area contributed by atoms with Gasteiger partial charge in [0.05, 0.1) is 0 Å². The summed E-state index contributed by atoms with van der Waals surface area (Å²) in [7, 11) is -4.14. The van der Waals surface area contributed by atoms with E-state index in [0.717, 1.165) is 12.1 Å². The lowest BCUT2D eigenvalue weighted by molar-refractivity contribution is 0.112. The lowest BCUT2D eigenvalue weighted by Crippen LogP contribution is -2.11. The number of carbonyl (C=O) groups excluding carboxylic acids is 1. The minimum Gasteiger partial charge on any atom is -0.379 e. The van der Waals surface area contributed by atoms with Gasteiger partial charge in [0.2, 0.25) is 0 Å². The van der Waals surface area contributed by atoms with Gasteiger partial charge >= 0.3 is 10.1 Å². The third kappa shape index (κ3) is 2.85. The first-order chi connectivity index (χ1) is 9.44. The van der Waals surface area contributed by atoms with E-state index in [0.29, 0.717) is 17.4 Å². The standard InChI is InChI=1S/C14H11FO4S/c1-10-11(9-16)4-2-7-14(10)19-20(17,18)13-6-3-5-12(15)8-13/h2-9H,1H3. The van der Waals surface area contributed by atoms with Crippen LogP contribution in [0, 0.1) is 12.7 Å². The Kier molecular flexibility index (Phi) is 3.85. The minimum atomic E-state index is -4.14. The van der Waals surface area contributed by atoms with Gasteiger partial charge in [-0.1, -0.05) is 18.2 Å². The van der Waals surface area contributed by atoms with Gasteiger partial charge < -0.3 is 4.18 Å². The molecular formula is C14H11FO4S. The Morgan fingerprint density at radius 2 is 1.85 bits per heavy atom. The topological polar surface area (TPSA) is 60.4 Å². The van der Waals surface area contributed by atoms with E-state index in [1.54, 1.807) is 13.0 Å². The normalized spacial score (nSPS) is 11.1. The van der Waals surface area contributed by atoms with E-state index in [1.165, 1.54) is 24.3 Å². The van der Waals surface area contributed by atoms with Crippen molar-refractivity contribution in [1.82, 2.24) is 0 Å². The highest BCUT2D eigenvalue weighted by Crippen LogP contribution is 2.24. The van der Waals surface area contributed by atoms with Gasteiger partial charge in [-0.3, -0.25) is 4.79 Å². The van der Waals surface area contributed by atoms with Gasteiger partial charge in [0.25, 0.3) is 0 Å². The van der Waals surface area contributed by atoms with Gasteiger partial charge in [-0.2, -0.15) is 8.42 Å². The van der Waals surface area contributed by atoms with Crippen molar-refractivity contribution in [2.45, 2.75) is 11.8 Å². The highest BCUT2D eigenvalue weighted by Gasteiger charge is 2.19. The molecule has 0 aliphatic heterocycles. The summed E-state index contributed by atoms with van der Waals surface area (Å²) in [5.74, 6) is -0.632. The molecule has 0 radical (unpaired) electrons. The Labute approximate surface area is 115 Å². The van der Waals surface area contributed by atoms with Crippen LogP contribution in [0.5, 0.6) is 5.75 Å². The maximum Gasteiger partial charge on any atom is 0.339 e. The molecule has 4 nitrogen and oxygen atoms in total. The molecule has 0 spiro atoms. The summed E-state index contributed by atoms with van der Waals surface area (Å²) < 4.78 is 42.1. The van der Waals surface area contributed by atoms with Crippen LogP contribution in [-0.2, 0) is 10.1 Å². The molecule has 0 bridgehead atoms. The van der Waals surface area contributed by atoms with E-state index in [4.69, 9.17) is 4.18 Å². The quantitative estimate of drug-likeness (QED) is 0.642. The predicted molar refractivity (Wildman–Crippen MR) is 70.8 cm³/mol. The van der Waals surface area contributed by atoms with Gasteiger partial charge in [0.1, 0.15) is 22.7 Å². The smallest absolute Gasteiger partial charge is 0.339 e. The van der Waals surface area contributed by atoms with Crippen LogP contribution in [-0.4, -0.2) is 14.7 Å². The monoisotopic (exact) mass is 294 g/mol. The molecule has 0 aliphatic rings. The molecule has 0 heterocycles. The second-order valence-electron chi connectivity index (χ2n) is 4.08. The largest absolute Gasteiger partial charge is 0.379 e. The summed E-state index contributed by atoms with van der Waals surface area (Å²) in [6.45, 7) is 1.57. The molecule has 0 saturated carbocycles. The second kappa shape index (κ2) is 5.42. The maximum absolute atomic E-state index is 13.1. The fraction of sp³-hybridized carbons (Fsp3) is 0.0714. The van der Waals surface area contributed by atoms with Crippen molar-refractivity contribution in [1.29, 1.82) is 0 Å². The lowest BCUT2D eigenvalue weighted by atomic mass is 10.1. The summed E-state index contributed by atoms with van der Waals surface area (Å²) in [6, 6.07) is 9.00. The third-order valence-electron chi connectivity index (χ3n) is 2.74. The molecule has 6 heteroatoms. The maximum atomic E-state index is 13.1. The fourth-order valence-electron chi connectivity index (χ4n) is 1.64. The zero-order valence-electron chi connectivity index (χ0n) is 10.5. The van der Waals surface area contributed by atoms with Crippen LogP contribution in [0.3, 0.4) is 0 Å². The van der Waals surface area contributed by atoms with Crippen molar-refractivity contribution in [3.63, 3.8) is 0 Å². The van der Waals surface area contributed by atoms with E-state index in [2.05, 4.69) is 0 Å². The lowest BCUT2D eigenvalue weighted by Gasteiger charge is -2.10. The molecule has 0 N–H and O–H groups in total. The van der Waals surface area contributed by atoms with Gasteiger partial charge in [0, 0.05) is 11.1 Å². The summed E-state index contributed by atoms with van der Waals surface area (Å²) in [6.07, 6.45) is 0.608. The Hall–Kier alpha value is -2.21. The number of hydrogen-bond acceptors (Lipinski definition) is 4. The first kappa shape index (κ1) is 14.2. The van der Waals surface area contributed by atoms with E-state index < -0.39 is 15.9 Å². The molecule has 2 aromatic rings. The first-order valence-electron chi connectivity index (χ1n) is 5.69. The van der Waals surface area contributed by atoms with Crippen LogP contribution < -0.4 is 4.18 Å². The number of hydrogen-bond donors (Lipinski definition) is 0. The van der Waals surface area contributed by atoms with Crippen molar-refractivity contribution < 1.29 is 21.8 Å². The van der Waals surface area contributed by atoms with Crippen LogP contribution in [0.15, 0.2) is 47.4 Å². The van der Waals surface area contributed by atoms with Crippen LogP contribution in [0.25, 0.3) is 0 Å². The molecule has 0 unspecified atom stereocenters. The predicted octanol–water partition coefficient (Wildman–Crippen LogP) is 2.71. The Morgan fingerprint density at radius 1 is 1.15 bits per heavy atom. The van der Waals surface area contributed by atoms with Crippen molar-refractivity contribution in [3.8, 4) is 5.75 Å². The van der Waals surface area contributed by atoms with Crippen LogP contribution in [0.4, 0.5) is 4.39 Å². The zero-order valence-corrected chi connectivity index (χ0v) is 11.4. The molecular weight excluding hydrogens is 283 g/mol. The molecule has 20 heavy (non-hydrogen) atoms. The summed E-state index contributed by atoms with van der Waals surface area (Å²) in [4.78, 5) is 10.5. The molecule has 104 valence electrons. The SMILES string of the molecule is Cc1c(C=O)cccc1OS(=O)(=O)c1cccc(F)c1. The summed E-state index contributed by atoms with van der Waals surface area (Å²) >= 11 is 0. The number of carbonyl (C=O) groups is 1. The fourth-order valence-corrected chi connectivity index (χ4v) is 2.65. The average Bonchev–Trinajstić information content (AvgIpc) is 2.41. The van der Waals surface area contributed by atoms with Crippen molar-refractivity contribution >= 4 is 16.4 Å². The second-order valence-corrected chi connectivity index (χ2v) is 5.63. The molecule has 0 saturated heterocycles. The minimum absolute atomic E-state index is 0.0406. The Bertz CT molecular complexity index is 754. The van der Waals surface area contributed by atoms with E-state index >= 15 is 0 Å². The average molecular weight is 294 g/mol. The third-order valence-corrected chi connectivity index (χ3v) is 3.97. The molecule has 0 fully saturated rings. The van der Waals surface area contributed by atoms with Gasteiger partial charge in [-0.05, 0) is 31.2 Å². The molecule has 0 aromatic heterocycles. The first-order valence-corrected chi connectivity index (χ1v) is 7.10. The van der Waals surface area contributed by atoms with Crippen LogP contribution >= 0.6 is 0 Å². The molecule has 0 amide bonds. The number of rotatable bonds is 4. The van der Waals surface area contributed by atoms with Crippen LogP contribution in [0.1, 0.15) is 15.9 Å². The zero-order chi connectivity index (χ0) is 14.8. The van der Waals surface area contributed by atoms with Gasteiger partial charge in [-0.15, -0.1) is 0 Å². The molecule has 0 atom stereocenters. The molecule has 2 aromatic carbocycles. The van der Waals surface area contributed by atoms with Crippen LogP contribution in [0.2, 0.25) is 0 Å². The van der Waals surface area contributed by atoms with Crippen molar-refractivity contribution in [2.75, 3.05) is 0 Å². The summed E-state index contributed by atoms with van der Waals surface area (Å²) in [5, 5.41) is 0. The van der Waals surface area contributed by atoms with E-state index in [-0.39, 0.29) is 10.6 Å². The molecule has 0 aliphatic carbocycles. The summed E-state index contributed by atoms with van der Waals surface area (Å²) in [5.41, 5.74) is 0.736. The number of benzene rings is 2. The van der Waals surface area contributed by atoms with E-state index in [9.17, 15) is 17.6 Å². The highest BCUT2D eigenvalue weighted by atomic mass is 32.2. The Morgan fingerprint density at radius 3 is 2.50 bits per heavy atom. The van der Waals surface area contributed by atoms with Gasteiger partial charge in [0.15, 0.2) is 0 Å².